The Morgan fingerprint density at radius 2 is 1.84 bits per heavy atom. The number of amides is 1. The van der Waals surface area contributed by atoms with Crippen molar-refractivity contribution in [3.05, 3.63) is 12.2 Å². The smallest absolute Gasteiger partial charge is 0.226 e. The molecule has 1 amide bonds. The second-order valence-corrected chi connectivity index (χ2v) is 6.41. The van der Waals surface area contributed by atoms with Gasteiger partial charge < -0.3 is 9.80 Å². The first-order chi connectivity index (χ1) is 9.27. The van der Waals surface area contributed by atoms with Gasteiger partial charge >= 0.3 is 0 Å². The molecule has 0 N–H and O–H groups in total. The van der Waals surface area contributed by atoms with E-state index in [9.17, 15) is 4.79 Å². The first-order valence-corrected chi connectivity index (χ1v) is 7.93. The third kappa shape index (κ3) is 2.58. The molecule has 0 aromatic carbocycles. The minimum Gasteiger partial charge on any atom is -0.338 e. The molecule has 2 aliphatic heterocycles. The Hall–Kier alpha value is -0.830. The van der Waals surface area contributed by atoms with E-state index in [0.717, 1.165) is 25.8 Å². The second kappa shape index (κ2) is 5.66. The van der Waals surface area contributed by atoms with Crippen molar-refractivity contribution in [3.63, 3.8) is 0 Å². The number of allylic oxidation sites excluding steroid dienone is 2. The fourth-order valence-corrected chi connectivity index (χ4v) is 4.14. The van der Waals surface area contributed by atoms with E-state index in [0.29, 0.717) is 18.0 Å². The highest BCUT2D eigenvalue weighted by atomic mass is 16.2. The summed E-state index contributed by atoms with van der Waals surface area (Å²) in [5, 5.41) is 0. The van der Waals surface area contributed by atoms with Gasteiger partial charge in [-0.25, -0.2) is 0 Å². The van der Waals surface area contributed by atoms with E-state index < -0.39 is 0 Å². The van der Waals surface area contributed by atoms with Crippen molar-refractivity contribution in [2.24, 2.45) is 5.92 Å². The van der Waals surface area contributed by atoms with Crippen LogP contribution in [-0.4, -0.2) is 47.9 Å². The first-order valence-electron chi connectivity index (χ1n) is 7.93. The predicted octanol–water partition coefficient (Wildman–Crippen LogP) is 2.43. The van der Waals surface area contributed by atoms with Gasteiger partial charge in [-0.2, -0.15) is 0 Å². The number of carbonyl (C=O) groups excluding carboxylic acids is 1. The molecule has 2 saturated heterocycles. The van der Waals surface area contributed by atoms with Crippen LogP contribution in [0.15, 0.2) is 12.2 Å². The lowest BCUT2D eigenvalue weighted by atomic mass is 9.92. The zero-order valence-corrected chi connectivity index (χ0v) is 12.1. The van der Waals surface area contributed by atoms with E-state index in [-0.39, 0.29) is 5.92 Å². The van der Waals surface area contributed by atoms with Gasteiger partial charge in [0, 0.05) is 24.5 Å². The van der Waals surface area contributed by atoms with Crippen molar-refractivity contribution in [2.45, 2.75) is 57.0 Å². The van der Waals surface area contributed by atoms with Crippen LogP contribution in [0.2, 0.25) is 0 Å². The molecule has 0 bridgehead atoms. The fraction of sp³-hybridized carbons (Fsp3) is 0.812. The molecule has 3 nitrogen and oxygen atoms in total. The molecule has 0 radical (unpaired) electrons. The van der Waals surface area contributed by atoms with Crippen molar-refractivity contribution >= 4 is 5.91 Å². The fourth-order valence-electron chi connectivity index (χ4n) is 4.14. The van der Waals surface area contributed by atoms with Gasteiger partial charge in [0.05, 0.1) is 0 Å². The zero-order chi connectivity index (χ0) is 13.2. The van der Waals surface area contributed by atoms with E-state index in [1.165, 1.54) is 32.2 Å². The highest BCUT2D eigenvalue weighted by Crippen LogP contribution is 2.31. The average molecular weight is 262 g/mol. The molecule has 0 aromatic heterocycles. The molecule has 2 heterocycles. The van der Waals surface area contributed by atoms with E-state index in [1.807, 2.05) is 0 Å². The third-order valence-electron chi connectivity index (χ3n) is 5.22. The molecule has 0 saturated carbocycles. The van der Waals surface area contributed by atoms with Gasteiger partial charge in [-0.05, 0) is 58.5 Å². The molecular formula is C16H26N2O. The largest absolute Gasteiger partial charge is 0.338 e. The Kier molecular flexibility index (Phi) is 3.92. The average Bonchev–Trinajstić information content (AvgIpc) is 3.07. The summed E-state index contributed by atoms with van der Waals surface area (Å²) in [5.41, 5.74) is 0. The van der Waals surface area contributed by atoms with Crippen LogP contribution < -0.4 is 0 Å². The SMILES string of the molecule is CN1CCCC1C1CCCN1C(=O)C1CC=CCC1. The van der Waals surface area contributed by atoms with Gasteiger partial charge in [0.2, 0.25) is 5.91 Å². The number of likely N-dealkylation sites (N-methyl/N-ethyl adjacent to an activating group) is 1. The first kappa shape index (κ1) is 13.2. The topological polar surface area (TPSA) is 23.6 Å². The monoisotopic (exact) mass is 262 g/mol. The van der Waals surface area contributed by atoms with Crippen molar-refractivity contribution < 1.29 is 4.79 Å². The van der Waals surface area contributed by atoms with Gasteiger partial charge in [0.25, 0.3) is 0 Å². The van der Waals surface area contributed by atoms with Gasteiger partial charge in [-0.1, -0.05) is 12.2 Å². The molecule has 3 heteroatoms. The van der Waals surface area contributed by atoms with Crippen LogP contribution in [0.5, 0.6) is 0 Å². The molecular weight excluding hydrogens is 236 g/mol. The highest BCUT2D eigenvalue weighted by Gasteiger charge is 2.39. The minimum absolute atomic E-state index is 0.261. The normalized spacial score (nSPS) is 36.1. The summed E-state index contributed by atoms with van der Waals surface area (Å²) in [5.74, 6) is 0.699. The summed E-state index contributed by atoms with van der Waals surface area (Å²) in [4.78, 5) is 17.4. The zero-order valence-electron chi connectivity index (χ0n) is 12.1. The quantitative estimate of drug-likeness (QED) is 0.714. The molecule has 3 rings (SSSR count). The van der Waals surface area contributed by atoms with Gasteiger partial charge in [-0.3, -0.25) is 4.79 Å². The molecule has 1 aliphatic carbocycles. The lowest BCUT2D eigenvalue weighted by Gasteiger charge is -2.35. The summed E-state index contributed by atoms with van der Waals surface area (Å²) in [6, 6.07) is 1.11. The Balaban J connectivity index is 1.68. The second-order valence-electron chi connectivity index (χ2n) is 6.41. The van der Waals surface area contributed by atoms with Gasteiger partial charge in [0.1, 0.15) is 0 Å². The van der Waals surface area contributed by atoms with Gasteiger partial charge in [0.15, 0.2) is 0 Å². The Morgan fingerprint density at radius 1 is 1.05 bits per heavy atom. The van der Waals surface area contributed by atoms with Crippen LogP contribution in [0.25, 0.3) is 0 Å². The number of likely N-dealkylation sites (tertiary alicyclic amines) is 2. The molecule has 3 atom stereocenters. The van der Waals surface area contributed by atoms with E-state index in [2.05, 4.69) is 29.0 Å². The van der Waals surface area contributed by atoms with Crippen LogP contribution in [0.1, 0.15) is 44.9 Å². The molecule has 106 valence electrons. The maximum atomic E-state index is 12.7. The molecule has 0 spiro atoms. The van der Waals surface area contributed by atoms with Crippen LogP contribution in [0.3, 0.4) is 0 Å². The summed E-state index contributed by atoms with van der Waals surface area (Å²) in [7, 11) is 2.22. The van der Waals surface area contributed by atoms with E-state index >= 15 is 0 Å². The predicted molar refractivity (Wildman–Crippen MR) is 76.9 cm³/mol. The number of rotatable bonds is 2. The van der Waals surface area contributed by atoms with Crippen LogP contribution in [-0.2, 0) is 4.79 Å². The van der Waals surface area contributed by atoms with E-state index in [1.54, 1.807) is 0 Å². The van der Waals surface area contributed by atoms with Crippen LogP contribution in [0, 0.1) is 5.92 Å². The standard InChI is InChI=1S/C16H26N2O/c1-17-11-5-9-14(17)15-10-6-12-18(15)16(19)13-7-3-2-4-8-13/h2-3,13-15H,4-12H2,1H3. The summed E-state index contributed by atoms with van der Waals surface area (Å²) in [6.07, 6.45) is 12.5. The van der Waals surface area contributed by atoms with Crippen molar-refractivity contribution in [1.82, 2.24) is 9.80 Å². The number of nitrogens with zero attached hydrogens (tertiary/aromatic N) is 2. The van der Waals surface area contributed by atoms with Crippen molar-refractivity contribution in [1.29, 1.82) is 0 Å². The molecule has 2 fully saturated rings. The van der Waals surface area contributed by atoms with E-state index in [4.69, 9.17) is 0 Å². The van der Waals surface area contributed by atoms with Crippen LogP contribution in [0.4, 0.5) is 0 Å². The maximum Gasteiger partial charge on any atom is 0.226 e. The molecule has 3 aliphatic rings. The van der Waals surface area contributed by atoms with Crippen molar-refractivity contribution in [3.8, 4) is 0 Å². The summed E-state index contributed by atoms with van der Waals surface area (Å²) < 4.78 is 0. The lowest BCUT2D eigenvalue weighted by Crippen LogP contribution is -2.49. The number of carbonyl (C=O) groups is 1. The molecule has 19 heavy (non-hydrogen) atoms. The summed E-state index contributed by atoms with van der Waals surface area (Å²) in [6.45, 7) is 2.20. The minimum atomic E-state index is 0.261. The van der Waals surface area contributed by atoms with Crippen molar-refractivity contribution in [2.75, 3.05) is 20.1 Å². The molecule has 3 unspecified atom stereocenters. The lowest BCUT2D eigenvalue weighted by molar-refractivity contribution is -0.137. The summed E-state index contributed by atoms with van der Waals surface area (Å²) >= 11 is 0. The number of hydrogen-bond donors (Lipinski definition) is 0. The molecule has 0 aromatic rings. The van der Waals surface area contributed by atoms with Gasteiger partial charge in [-0.15, -0.1) is 0 Å². The third-order valence-corrected chi connectivity index (χ3v) is 5.22. The Morgan fingerprint density at radius 3 is 2.53 bits per heavy atom. The Labute approximate surface area is 116 Å². The maximum absolute atomic E-state index is 12.7. The highest BCUT2D eigenvalue weighted by molar-refractivity contribution is 5.80. The Bertz CT molecular complexity index is 366. The number of hydrogen-bond acceptors (Lipinski definition) is 2. The van der Waals surface area contributed by atoms with Crippen LogP contribution >= 0.6 is 0 Å².